The van der Waals surface area contributed by atoms with Crippen molar-refractivity contribution >= 4 is 59.2 Å². The molecule has 2 rings (SSSR count). The molecule has 1 saturated heterocycles. The van der Waals surface area contributed by atoms with Gasteiger partial charge in [-0.3, -0.25) is 0 Å². The second-order valence-electron chi connectivity index (χ2n) is 6.00. The zero-order valence-corrected chi connectivity index (χ0v) is 19.0. The molecule has 0 bridgehead atoms. The number of nitrogens with one attached hydrogen (secondary N) is 1. The maximum Gasteiger partial charge on any atom is 0.244 e. The molecule has 0 radical (unpaired) electrons. The zero-order valence-electron chi connectivity index (χ0n) is 14.2. The molecule has 1 fully saturated rings. The molecule has 0 saturated carbocycles. The van der Waals surface area contributed by atoms with Crippen molar-refractivity contribution < 1.29 is 8.42 Å². The van der Waals surface area contributed by atoms with E-state index in [9.17, 15) is 8.42 Å². The summed E-state index contributed by atoms with van der Waals surface area (Å²) < 4.78 is 28.6. The maximum atomic E-state index is 12.9. The normalized spacial score (nSPS) is 16.3. The third kappa shape index (κ3) is 5.61. The molecule has 1 aromatic rings. The number of thiocarbonyl (C=S) groups is 1. The molecule has 0 spiro atoms. The second-order valence-corrected chi connectivity index (χ2v) is 10.1. The van der Waals surface area contributed by atoms with Crippen molar-refractivity contribution in [2.24, 2.45) is 0 Å². The highest BCUT2D eigenvalue weighted by Gasteiger charge is 2.30. The minimum atomic E-state index is -3.53. The van der Waals surface area contributed by atoms with Gasteiger partial charge in [0.05, 0.1) is 4.90 Å². The van der Waals surface area contributed by atoms with Crippen LogP contribution in [0.4, 0.5) is 0 Å². The third-order valence-electron chi connectivity index (χ3n) is 3.87. The van der Waals surface area contributed by atoms with Crippen molar-refractivity contribution in [3.63, 3.8) is 0 Å². The number of piperazine rings is 1. The van der Waals surface area contributed by atoms with Gasteiger partial charge in [0.1, 0.15) is 0 Å². The molecule has 0 amide bonds. The van der Waals surface area contributed by atoms with Crippen LogP contribution in [-0.2, 0) is 10.0 Å². The largest absolute Gasteiger partial charge is 0.361 e. The van der Waals surface area contributed by atoms with E-state index in [1.807, 2.05) is 19.0 Å². The van der Waals surface area contributed by atoms with Crippen LogP contribution in [0, 0.1) is 0 Å². The van der Waals surface area contributed by atoms with E-state index < -0.39 is 10.0 Å². The van der Waals surface area contributed by atoms with E-state index in [2.05, 4.69) is 42.1 Å². The first-order valence-corrected chi connectivity index (χ1v) is 11.3. The summed E-state index contributed by atoms with van der Waals surface area (Å²) in [4.78, 5) is 4.38. The first kappa shape index (κ1) is 21.0. The molecule has 10 heteroatoms. The molecular weight excluding hydrogens is 492 g/mol. The fourth-order valence-corrected chi connectivity index (χ4v) is 5.61. The lowest BCUT2D eigenvalue weighted by Crippen LogP contribution is -2.53. The summed E-state index contributed by atoms with van der Waals surface area (Å²) in [7, 11) is 0.484. The third-order valence-corrected chi connectivity index (χ3v) is 7.66. The lowest BCUT2D eigenvalue weighted by Gasteiger charge is -2.35. The Morgan fingerprint density at radius 2 is 1.88 bits per heavy atom. The molecule has 1 aromatic carbocycles. The average molecular weight is 514 g/mol. The van der Waals surface area contributed by atoms with Gasteiger partial charge < -0.3 is 15.1 Å². The van der Waals surface area contributed by atoms with Crippen LogP contribution in [-0.4, -0.2) is 81.0 Å². The van der Waals surface area contributed by atoms with Crippen molar-refractivity contribution in [1.29, 1.82) is 0 Å². The maximum absolute atomic E-state index is 12.9. The van der Waals surface area contributed by atoms with Crippen molar-refractivity contribution in [1.82, 2.24) is 19.4 Å². The SMILES string of the molecule is CN(C)CCNC(=S)N1CCN(S(=O)(=O)c2cc(Br)ccc2Br)CC1. The number of hydrogen-bond acceptors (Lipinski definition) is 4. The Bertz CT molecular complexity index is 720. The molecule has 1 heterocycles. The van der Waals surface area contributed by atoms with E-state index in [-0.39, 0.29) is 4.90 Å². The number of rotatable bonds is 5. The molecule has 0 unspecified atom stereocenters. The number of nitrogens with zero attached hydrogens (tertiary/aromatic N) is 3. The highest BCUT2D eigenvalue weighted by molar-refractivity contribution is 9.11. The summed E-state index contributed by atoms with van der Waals surface area (Å²) in [6, 6.07) is 5.16. The molecule has 25 heavy (non-hydrogen) atoms. The Labute approximate surface area is 171 Å². The number of halogens is 2. The summed E-state index contributed by atoms with van der Waals surface area (Å²) in [5.74, 6) is 0. The Morgan fingerprint density at radius 3 is 2.48 bits per heavy atom. The minimum Gasteiger partial charge on any atom is -0.361 e. The van der Waals surface area contributed by atoms with E-state index in [1.54, 1.807) is 18.2 Å². The van der Waals surface area contributed by atoms with Gasteiger partial charge in [-0.15, -0.1) is 0 Å². The van der Waals surface area contributed by atoms with Crippen LogP contribution in [0.15, 0.2) is 32.0 Å². The van der Waals surface area contributed by atoms with Crippen LogP contribution in [0.3, 0.4) is 0 Å². The fourth-order valence-electron chi connectivity index (χ4n) is 2.44. The minimum absolute atomic E-state index is 0.280. The second kappa shape index (κ2) is 9.09. The lowest BCUT2D eigenvalue weighted by atomic mass is 10.4. The summed E-state index contributed by atoms with van der Waals surface area (Å²) in [6.45, 7) is 3.66. The van der Waals surface area contributed by atoms with Gasteiger partial charge in [-0.05, 0) is 60.4 Å². The van der Waals surface area contributed by atoms with E-state index >= 15 is 0 Å². The van der Waals surface area contributed by atoms with Gasteiger partial charge in [0.2, 0.25) is 10.0 Å². The highest BCUT2D eigenvalue weighted by Crippen LogP contribution is 2.28. The first-order valence-electron chi connectivity index (χ1n) is 7.84. The topological polar surface area (TPSA) is 55.9 Å². The van der Waals surface area contributed by atoms with Gasteiger partial charge >= 0.3 is 0 Å². The van der Waals surface area contributed by atoms with Crippen LogP contribution in [0.25, 0.3) is 0 Å². The molecule has 1 N–H and O–H groups in total. The van der Waals surface area contributed by atoms with Crippen LogP contribution >= 0.6 is 44.1 Å². The Balaban J connectivity index is 1.97. The van der Waals surface area contributed by atoms with Crippen LogP contribution in [0.1, 0.15) is 0 Å². The first-order chi connectivity index (χ1) is 11.7. The summed E-state index contributed by atoms with van der Waals surface area (Å²) in [6.07, 6.45) is 0. The van der Waals surface area contributed by atoms with Gasteiger partial charge in [0.15, 0.2) is 5.11 Å². The van der Waals surface area contributed by atoms with Gasteiger partial charge in [-0.25, -0.2) is 8.42 Å². The van der Waals surface area contributed by atoms with Gasteiger partial charge in [0.25, 0.3) is 0 Å². The molecule has 1 aliphatic rings. The molecule has 140 valence electrons. The molecule has 1 aliphatic heterocycles. The average Bonchev–Trinajstić information content (AvgIpc) is 2.56. The van der Waals surface area contributed by atoms with Crippen molar-refractivity contribution in [3.8, 4) is 0 Å². The van der Waals surface area contributed by atoms with Crippen LogP contribution < -0.4 is 5.32 Å². The van der Waals surface area contributed by atoms with Crippen LogP contribution in [0.2, 0.25) is 0 Å². The van der Waals surface area contributed by atoms with E-state index in [0.29, 0.717) is 35.8 Å². The fraction of sp³-hybridized carbons (Fsp3) is 0.533. The Kier molecular flexibility index (Phi) is 7.66. The van der Waals surface area contributed by atoms with Gasteiger partial charge in [0, 0.05) is 48.2 Å². The number of sulfonamides is 1. The van der Waals surface area contributed by atoms with E-state index in [1.165, 1.54) is 4.31 Å². The molecular formula is C15H22Br2N4O2S2. The summed E-state index contributed by atoms with van der Waals surface area (Å²) in [5.41, 5.74) is 0. The van der Waals surface area contributed by atoms with Crippen molar-refractivity contribution in [2.45, 2.75) is 4.90 Å². The molecule has 0 aromatic heterocycles. The summed E-state index contributed by atoms with van der Waals surface area (Å²) >= 11 is 12.1. The Hall–Kier alpha value is -0.260. The molecule has 0 aliphatic carbocycles. The van der Waals surface area contributed by atoms with E-state index in [4.69, 9.17) is 12.2 Å². The summed E-state index contributed by atoms with van der Waals surface area (Å²) in [5, 5.41) is 3.90. The van der Waals surface area contributed by atoms with Crippen molar-refractivity contribution in [3.05, 3.63) is 27.1 Å². The monoisotopic (exact) mass is 512 g/mol. The Morgan fingerprint density at radius 1 is 1.24 bits per heavy atom. The van der Waals surface area contributed by atoms with Gasteiger partial charge in [-0.1, -0.05) is 15.9 Å². The van der Waals surface area contributed by atoms with Crippen LogP contribution in [0.5, 0.6) is 0 Å². The van der Waals surface area contributed by atoms with E-state index in [0.717, 1.165) is 17.6 Å². The quantitative estimate of drug-likeness (QED) is 0.607. The van der Waals surface area contributed by atoms with Crippen molar-refractivity contribution in [2.75, 3.05) is 53.4 Å². The standard InChI is InChI=1S/C15H22Br2N4O2S2/c1-19(2)6-5-18-15(24)20-7-9-21(10-8-20)25(22,23)14-11-12(16)3-4-13(14)17/h3-4,11H,5-10H2,1-2H3,(H,18,24). The smallest absolute Gasteiger partial charge is 0.244 e. The molecule has 0 atom stereocenters. The van der Waals surface area contributed by atoms with Gasteiger partial charge in [-0.2, -0.15) is 4.31 Å². The zero-order chi connectivity index (χ0) is 18.6. The lowest BCUT2D eigenvalue weighted by molar-refractivity contribution is 0.263. The predicted molar refractivity (Wildman–Crippen MR) is 111 cm³/mol. The predicted octanol–water partition coefficient (Wildman–Crippen LogP) is 1.95. The molecule has 6 nitrogen and oxygen atoms in total. The number of likely N-dealkylation sites (N-methyl/N-ethyl adjacent to an activating group) is 1. The highest BCUT2D eigenvalue weighted by atomic mass is 79.9. The number of hydrogen-bond donors (Lipinski definition) is 1. The number of benzene rings is 1.